The van der Waals surface area contributed by atoms with Crippen molar-refractivity contribution in [1.82, 2.24) is 14.8 Å². The van der Waals surface area contributed by atoms with E-state index >= 15 is 0 Å². The first-order valence-electron chi connectivity index (χ1n) is 7.53. The Morgan fingerprint density at radius 3 is 3.00 bits per heavy atom. The Kier molecular flexibility index (Phi) is 3.82. The van der Waals surface area contributed by atoms with Crippen LogP contribution in [-0.2, 0) is 13.1 Å². The molecule has 2 aromatic rings. The molecule has 1 aliphatic heterocycles. The molecule has 0 N–H and O–H groups in total. The minimum atomic E-state index is 0.565. The van der Waals surface area contributed by atoms with Crippen LogP contribution < -0.4 is 9.64 Å². The van der Waals surface area contributed by atoms with Crippen LogP contribution in [0.2, 0.25) is 0 Å². The van der Waals surface area contributed by atoms with Crippen molar-refractivity contribution < 1.29 is 4.74 Å². The van der Waals surface area contributed by atoms with Crippen LogP contribution in [-0.4, -0.2) is 28.4 Å². The van der Waals surface area contributed by atoms with E-state index in [4.69, 9.17) is 4.74 Å². The fraction of sp³-hybridized carbons (Fsp3) is 0.500. The molecule has 0 bridgehead atoms. The van der Waals surface area contributed by atoms with Gasteiger partial charge in [-0.1, -0.05) is 19.1 Å². The zero-order valence-electron chi connectivity index (χ0n) is 12.9. The Morgan fingerprint density at radius 2 is 2.24 bits per heavy atom. The summed E-state index contributed by atoms with van der Waals surface area (Å²) in [6.45, 7) is 7.01. The predicted molar refractivity (Wildman–Crippen MR) is 82.8 cm³/mol. The van der Waals surface area contributed by atoms with Crippen molar-refractivity contribution >= 4 is 5.69 Å². The summed E-state index contributed by atoms with van der Waals surface area (Å²) in [5, 5.41) is 4.26. The summed E-state index contributed by atoms with van der Waals surface area (Å²) in [5.41, 5.74) is 2.58. The molecule has 5 heteroatoms. The Bertz CT molecular complexity index is 622. The predicted octanol–water partition coefficient (Wildman–Crippen LogP) is 2.82. The van der Waals surface area contributed by atoms with E-state index in [1.54, 1.807) is 13.4 Å². The van der Waals surface area contributed by atoms with Crippen molar-refractivity contribution in [3.05, 3.63) is 35.9 Å². The van der Waals surface area contributed by atoms with E-state index in [-0.39, 0.29) is 0 Å². The summed E-state index contributed by atoms with van der Waals surface area (Å²) in [6.07, 6.45) is 2.79. The van der Waals surface area contributed by atoms with Gasteiger partial charge in [0, 0.05) is 13.1 Å². The smallest absolute Gasteiger partial charge is 0.146 e. The first-order chi connectivity index (χ1) is 10.2. The molecule has 0 fully saturated rings. The van der Waals surface area contributed by atoms with E-state index in [2.05, 4.69) is 41.0 Å². The second-order valence-electron chi connectivity index (χ2n) is 5.50. The number of aromatic nitrogens is 3. The lowest BCUT2D eigenvalue weighted by Gasteiger charge is -2.35. The molecule has 2 heterocycles. The number of anilines is 1. The minimum Gasteiger partial charge on any atom is -0.495 e. The molecule has 0 amide bonds. The Morgan fingerprint density at radius 1 is 1.38 bits per heavy atom. The molecule has 0 unspecified atom stereocenters. The highest BCUT2D eigenvalue weighted by molar-refractivity contribution is 5.66. The molecule has 112 valence electrons. The van der Waals surface area contributed by atoms with Gasteiger partial charge in [-0.3, -0.25) is 0 Å². The summed E-state index contributed by atoms with van der Waals surface area (Å²) < 4.78 is 7.53. The van der Waals surface area contributed by atoms with Crippen LogP contribution >= 0.6 is 0 Å². The van der Waals surface area contributed by atoms with E-state index in [9.17, 15) is 0 Å². The van der Waals surface area contributed by atoms with Gasteiger partial charge in [-0.25, -0.2) is 9.67 Å². The van der Waals surface area contributed by atoms with Crippen molar-refractivity contribution in [1.29, 1.82) is 0 Å². The van der Waals surface area contributed by atoms with Gasteiger partial charge in [0.1, 0.15) is 17.9 Å². The maximum absolute atomic E-state index is 5.58. The highest BCUT2D eigenvalue weighted by Crippen LogP contribution is 2.41. The third-order valence-corrected chi connectivity index (χ3v) is 4.26. The summed E-state index contributed by atoms with van der Waals surface area (Å²) in [4.78, 5) is 6.76. The van der Waals surface area contributed by atoms with Gasteiger partial charge in [-0.15, -0.1) is 0 Å². The Hall–Kier alpha value is -2.04. The quantitative estimate of drug-likeness (QED) is 0.867. The molecule has 0 spiro atoms. The monoisotopic (exact) mass is 286 g/mol. The first-order valence-corrected chi connectivity index (χ1v) is 7.53. The summed E-state index contributed by atoms with van der Waals surface area (Å²) in [7, 11) is 1.74. The average molecular weight is 286 g/mol. The minimum absolute atomic E-state index is 0.565. The van der Waals surface area contributed by atoms with Gasteiger partial charge in [0.15, 0.2) is 0 Å². The molecule has 1 aromatic carbocycles. The standard InChI is InChI=1S/C16H22N4O/c1-4-20-15(17-11-18-20)10-19-9-8-12(2)13-6-5-7-14(21-3)16(13)19/h5-7,11-12H,4,8-10H2,1-3H3/t12-/m1/s1. The Labute approximate surface area is 125 Å². The van der Waals surface area contributed by atoms with E-state index in [1.165, 1.54) is 11.3 Å². The molecule has 0 radical (unpaired) electrons. The van der Waals surface area contributed by atoms with Crippen LogP contribution in [0.25, 0.3) is 0 Å². The average Bonchev–Trinajstić information content (AvgIpc) is 2.96. The van der Waals surface area contributed by atoms with Crippen molar-refractivity contribution in [3.63, 3.8) is 0 Å². The second-order valence-corrected chi connectivity index (χ2v) is 5.50. The molecule has 5 nitrogen and oxygen atoms in total. The number of hydrogen-bond donors (Lipinski definition) is 0. The molecule has 1 aromatic heterocycles. The summed E-state index contributed by atoms with van der Waals surface area (Å²) >= 11 is 0. The van der Waals surface area contributed by atoms with Crippen LogP contribution in [0.5, 0.6) is 5.75 Å². The molecule has 0 aliphatic carbocycles. The molecular formula is C16H22N4O. The highest BCUT2D eigenvalue weighted by Gasteiger charge is 2.26. The van der Waals surface area contributed by atoms with Gasteiger partial charge >= 0.3 is 0 Å². The van der Waals surface area contributed by atoms with Crippen molar-refractivity contribution in [2.75, 3.05) is 18.6 Å². The lowest BCUT2D eigenvalue weighted by Crippen LogP contribution is -2.31. The number of nitrogens with zero attached hydrogens (tertiary/aromatic N) is 4. The highest BCUT2D eigenvalue weighted by atomic mass is 16.5. The van der Waals surface area contributed by atoms with Gasteiger partial charge < -0.3 is 9.64 Å². The number of rotatable bonds is 4. The van der Waals surface area contributed by atoms with E-state index in [0.29, 0.717) is 5.92 Å². The maximum Gasteiger partial charge on any atom is 0.146 e. The molecule has 0 saturated heterocycles. The third kappa shape index (κ3) is 2.48. The number of para-hydroxylation sites is 1. The molecule has 1 atom stereocenters. The number of hydrogen-bond acceptors (Lipinski definition) is 4. The first kappa shape index (κ1) is 13.9. The van der Waals surface area contributed by atoms with Crippen LogP contribution in [0.1, 0.15) is 37.6 Å². The van der Waals surface area contributed by atoms with Gasteiger partial charge in [0.05, 0.1) is 19.3 Å². The third-order valence-electron chi connectivity index (χ3n) is 4.26. The topological polar surface area (TPSA) is 43.2 Å². The number of benzene rings is 1. The summed E-state index contributed by atoms with van der Waals surface area (Å²) in [5.74, 6) is 2.51. The second kappa shape index (κ2) is 5.76. The fourth-order valence-corrected chi connectivity index (χ4v) is 3.06. The Balaban J connectivity index is 1.97. The van der Waals surface area contributed by atoms with Crippen LogP contribution in [0.4, 0.5) is 5.69 Å². The number of methoxy groups -OCH3 is 1. The zero-order valence-corrected chi connectivity index (χ0v) is 12.9. The SMILES string of the molecule is CCn1ncnc1CN1CC[C@@H](C)c2cccc(OC)c21. The summed E-state index contributed by atoms with van der Waals surface area (Å²) in [6, 6.07) is 6.32. The fourth-order valence-electron chi connectivity index (χ4n) is 3.06. The van der Waals surface area contributed by atoms with Gasteiger partial charge in [-0.2, -0.15) is 5.10 Å². The van der Waals surface area contributed by atoms with Gasteiger partial charge in [0.25, 0.3) is 0 Å². The lowest BCUT2D eigenvalue weighted by atomic mass is 9.91. The number of fused-ring (bicyclic) bond motifs is 1. The van der Waals surface area contributed by atoms with Crippen LogP contribution in [0.15, 0.2) is 24.5 Å². The van der Waals surface area contributed by atoms with Gasteiger partial charge in [-0.05, 0) is 30.9 Å². The van der Waals surface area contributed by atoms with Gasteiger partial charge in [0.2, 0.25) is 0 Å². The van der Waals surface area contributed by atoms with Crippen molar-refractivity contribution in [3.8, 4) is 5.75 Å². The zero-order chi connectivity index (χ0) is 14.8. The van der Waals surface area contributed by atoms with Crippen LogP contribution in [0, 0.1) is 0 Å². The van der Waals surface area contributed by atoms with Crippen LogP contribution in [0.3, 0.4) is 0 Å². The van der Waals surface area contributed by atoms with Crippen molar-refractivity contribution in [2.24, 2.45) is 0 Å². The molecule has 1 aliphatic rings. The molecule has 3 rings (SSSR count). The van der Waals surface area contributed by atoms with Crippen molar-refractivity contribution in [2.45, 2.75) is 39.3 Å². The van der Waals surface area contributed by atoms with E-state index in [1.807, 2.05) is 10.7 Å². The lowest BCUT2D eigenvalue weighted by molar-refractivity contribution is 0.410. The molecule has 21 heavy (non-hydrogen) atoms. The molecule has 0 saturated carbocycles. The van der Waals surface area contributed by atoms with E-state index in [0.717, 1.165) is 37.6 Å². The van der Waals surface area contributed by atoms with E-state index < -0.39 is 0 Å². The molecular weight excluding hydrogens is 264 g/mol. The number of ether oxygens (including phenoxy) is 1. The number of aryl methyl sites for hydroxylation is 1. The normalized spacial score (nSPS) is 17.7. The maximum atomic E-state index is 5.58. The largest absolute Gasteiger partial charge is 0.495 e.